The molecule has 2 heterocycles. The van der Waals surface area contributed by atoms with Crippen LogP contribution < -0.4 is 10.2 Å². The van der Waals surface area contributed by atoms with Crippen molar-refractivity contribution in [1.29, 1.82) is 0 Å². The highest BCUT2D eigenvalue weighted by Gasteiger charge is 2.12. The maximum Gasteiger partial charge on any atom is 0.205 e. The summed E-state index contributed by atoms with van der Waals surface area (Å²) in [5.41, 5.74) is 1.08. The fourth-order valence-corrected chi connectivity index (χ4v) is 2.28. The van der Waals surface area contributed by atoms with Crippen molar-refractivity contribution >= 4 is 5.95 Å². The molecule has 0 atom stereocenters. The van der Waals surface area contributed by atoms with E-state index in [9.17, 15) is 0 Å². The molecule has 17 heavy (non-hydrogen) atoms. The predicted molar refractivity (Wildman–Crippen MR) is 70.5 cm³/mol. The second-order valence-corrected chi connectivity index (χ2v) is 4.81. The Kier molecular flexibility index (Phi) is 4.02. The van der Waals surface area contributed by atoms with Crippen molar-refractivity contribution in [3.8, 4) is 0 Å². The van der Waals surface area contributed by atoms with Crippen molar-refractivity contribution in [1.82, 2.24) is 19.8 Å². The molecule has 0 aliphatic carbocycles. The highest BCUT2D eigenvalue weighted by Crippen LogP contribution is 2.10. The lowest BCUT2D eigenvalue weighted by molar-refractivity contribution is 0.246. The number of imidazole rings is 1. The van der Waals surface area contributed by atoms with E-state index in [1.54, 1.807) is 0 Å². The molecule has 1 N–H and O–H groups in total. The Morgan fingerprint density at radius 1 is 1.41 bits per heavy atom. The number of hydrogen-bond donors (Lipinski definition) is 1. The topological polar surface area (TPSA) is 36.3 Å². The van der Waals surface area contributed by atoms with E-state index in [-0.39, 0.29) is 0 Å². The van der Waals surface area contributed by atoms with Crippen molar-refractivity contribution in [3.63, 3.8) is 0 Å². The highest BCUT2D eigenvalue weighted by atomic mass is 15.3. The van der Waals surface area contributed by atoms with Crippen LogP contribution in [0.1, 0.15) is 5.69 Å². The number of nitrogens with one attached hydrogen (secondary N) is 1. The van der Waals surface area contributed by atoms with Crippen molar-refractivity contribution in [2.75, 3.05) is 51.2 Å². The standard InChI is InChI=1S/C12H23N5/c1-11-10-16(3)12(14-11)15(2)8-9-17-6-4-13-5-7-17/h10,13H,4-9H2,1-3H3. The number of hydrogen-bond acceptors (Lipinski definition) is 4. The monoisotopic (exact) mass is 237 g/mol. The summed E-state index contributed by atoms with van der Waals surface area (Å²) < 4.78 is 2.09. The van der Waals surface area contributed by atoms with E-state index < -0.39 is 0 Å². The number of likely N-dealkylation sites (N-methyl/N-ethyl adjacent to an activating group) is 1. The Labute approximate surface area is 103 Å². The lowest BCUT2D eigenvalue weighted by atomic mass is 10.3. The van der Waals surface area contributed by atoms with Gasteiger partial charge in [-0.25, -0.2) is 4.98 Å². The van der Waals surface area contributed by atoms with Crippen LogP contribution in [0.3, 0.4) is 0 Å². The van der Waals surface area contributed by atoms with Crippen LogP contribution in [0.2, 0.25) is 0 Å². The van der Waals surface area contributed by atoms with Gasteiger partial charge in [0.15, 0.2) is 0 Å². The third-order valence-electron chi connectivity index (χ3n) is 3.27. The zero-order chi connectivity index (χ0) is 12.3. The van der Waals surface area contributed by atoms with Crippen LogP contribution in [0.4, 0.5) is 5.95 Å². The van der Waals surface area contributed by atoms with Gasteiger partial charge in [-0.15, -0.1) is 0 Å². The molecule has 1 aliphatic rings. The molecule has 0 unspecified atom stereocenters. The number of nitrogens with zero attached hydrogens (tertiary/aromatic N) is 4. The second kappa shape index (κ2) is 5.51. The Hall–Kier alpha value is -1.07. The van der Waals surface area contributed by atoms with Crippen molar-refractivity contribution < 1.29 is 0 Å². The summed E-state index contributed by atoms with van der Waals surface area (Å²) in [6, 6.07) is 0. The molecule has 1 aromatic rings. The van der Waals surface area contributed by atoms with Gasteiger partial charge in [-0.3, -0.25) is 4.90 Å². The van der Waals surface area contributed by atoms with E-state index >= 15 is 0 Å². The molecule has 0 amide bonds. The molecule has 5 heteroatoms. The van der Waals surface area contributed by atoms with Gasteiger partial charge in [-0.1, -0.05) is 0 Å². The van der Waals surface area contributed by atoms with E-state index in [0.29, 0.717) is 0 Å². The van der Waals surface area contributed by atoms with Crippen molar-refractivity contribution in [2.45, 2.75) is 6.92 Å². The zero-order valence-corrected chi connectivity index (χ0v) is 11.1. The Balaban J connectivity index is 1.84. The Bertz CT molecular complexity index is 354. The molecule has 0 saturated carbocycles. The van der Waals surface area contributed by atoms with E-state index in [0.717, 1.165) is 50.9 Å². The summed E-state index contributed by atoms with van der Waals surface area (Å²) in [6.07, 6.45) is 2.07. The summed E-state index contributed by atoms with van der Waals surface area (Å²) in [6.45, 7) is 8.74. The third-order valence-corrected chi connectivity index (χ3v) is 3.27. The SMILES string of the molecule is Cc1cn(C)c(N(C)CCN2CCNCC2)n1. The molecule has 1 aromatic heterocycles. The largest absolute Gasteiger partial charge is 0.344 e. The molecular weight excluding hydrogens is 214 g/mol. The van der Waals surface area contributed by atoms with Crippen LogP contribution >= 0.6 is 0 Å². The third kappa shape index (κ3) is 3.20. The highest BCUT2D eigenvalue weighted by molar-refractivity contribution is 5.31. The minimum atomic E-state index is 1.03. The molecule has 1 aliphatic heterocycles. The average Bonchev–Trinajstić information content (AvgIpc) is 2.67. The van der Waals surface area contributed by atoms with Crippen LogP contribution in [-0.4, -0.2) is 60.8 Å². The van der Waals surface area contributed by atoms with E-state index in [2.05, 4.69) is 45.0 Å². The van der Waals surface area contributed by atoms with E-state index in [1.165, 1.54) is 0 Å². The van der Waals surface area contributed by atoms with Gasteiger partial charge in [-0.05, 0) is 6.92 Å². The maximum absolute atomic E-state index is 4.53. The minimum absolute atomic E-state index is 1.03. The Morgan fingerprint density at radius 3 is 2.71 bits per heavy atom. The van der Waals surface area contributed by atoms with Crippen LogP contribution in [0, 0.1) is 6.92 Å². The summed E-state index contributed by atoms with van der Waals surface area (Å²) >= 11 is 0. The Morgan fingerprint density at radius 2 is 2.12 bits per heavy atom. The molecule has 5 nitrogen and oxygen atoms in total. The van der Waals surface area contributed by atoms with Gasteiger partial charge < -0.3 is 14.8 Å². The number of aromatic nitrogens is 2. The van der Waals surface area contributed by atoms with Gasteiger partial charge in [0.05, 0.1) is 5.69 Å². The fourth-order valence-electron chi connectivity index (χ4n) is 2.28. The first-order valence-electron chi connectivity index (χ1n) is 6.31. The summed E-state index contributed by atoms with van der Waals surface area (Å²) in [4.78, 5) is 9.27. The molecule has 2 rings (SSSR count). The molecular formula is C12H23N5. The number of anilines is 1. The summed E-state index contributed by atoms with van der Waals surface area (Å²) in [5.74, 6) is 1.05. The van der Waals surface area contributed by atoms with Crippen molar-refractivity contribution in [2.24, 2.45) is 7.05 Å². The molecule has 96 valence electrons. The van der Waals surface area contributed by atoms with Crippen molar-refractivity contribution in [3.05, 3.63) is 11.9 Å². The first-order chi connectivity index (χ1) is 8.16. The quantitative estimate of drug-likeness (QED) is 0.804. The van der Waals surface area contributed by atoms with Crippen LogP contribution in [-0.2, 0) is 7.05 Å². The minimum Gasteiger partial charge on any atom is -0.344 e. The first kappa shape index (κ1) is 12.4. The first-order valence-corrected chi connectivity index (χ1v) is 6.31. The normalized spacial score (nSPS) is 17.4. The lowest BCUT2D eigenvalue weighted by Gasteiger charge is -2.29. The molecule has 1 saturated heterocycles. The average molecular weight is 237 g/mol. The predicted octanol–water partition coefficient (Wildman–Crippen LogP) is 0.0699. The van der Waals surface area contributed by atoms with E-state index in [1.807, 2.05) is 6.92 Å². The molecule has 0 bridgehead atoms. The van der Waals surface area contributed by atoms with Gasteiger partial charge in [0, 0.05) is 59.6 Å². The smallest absolute Gasteiger partial charge is 0.205 e. The molecule has 1 fully saturated rings. The van der Waals surface area contributed by atoms with Crippen LogP contribution in [0.5, 0.6) is 0 Å². The van der Waals surface area contributed by atoms with Gasteiger partial charge in [0.1, 0.15) is 0 Å². The second-order valence-electron chi connectivity index (χ2n) is 4.81. The molecule has 0 aromatic carbocycles. The van der Waals surface area contributed by atoms with Gasteiger partial charge in [-0.2, -0.15) is 0 Å². The summed E-state index contributed by atoms with van der Waals surface area (Å²) in [7, 11) is 4.17. The maximum atomic E-state index is 4.53. The molecule has 0 radical (unpaired) electrons. The number of aryl methyl sites for hydroxylation is 2. The summed E-state index contributed by atoms with van der Waals surface area (Å²) in [5, 5.41) is 3.37. The van der Waals surface area contributed by atoms with Crippen LogP contribution in [0.15, 0.2) is 6.20 Å². The van der Waals surface area contributed by atoms with Crippen LogP contribution in [0.25, 0.3) is 0 Å². The lowest BCUT2D eigenvalue weighted by Crippen LogP contribution is -2.46. The van der Waals surface area contributed by atoms with Gasteiger partial charge >= 0.3 is 0 Å². The number of piperazine rings is 1. The van der Waals surface area contributed by atoms with Gasteiger partial charge in [0.2, 0.25) is 5.95 Å². The zero-order valence-electron chi connectivity index (χ0n) is 11.1. The van der Waals surface area contributed by atoms with Gasteiger partial charge in [0.25, 0.3) is 0 Å². The molecule has 0 spiro atoms. The number of rotatable bonds is 4. The fraction of sp³-hybridized carbons (Fsp3) is 0.750. The van der Waals surface area contributed by atoms with E-state index in [4.69, 9.17) is 0 Å².